The van der Waals surface area contributed by atoms with Gasteiger partial charge in [0.05, 0.1) is 0 Å². The smallest absolute Gasteiger partial charge is 0.284 e. The highest BCUT2D eigenvalue weighted by Crippen LogP contribution is 2.27. The summed E-state index contributed by atoms with van der Waals surface area (Å²) in [5.74, 6) is -0.942. The highest BCUT2D eigenvalue weighted by atomic mass is 32.2. The summed E-state index contributed by atoms with van der Waals surface area (Å²) >= 11 is 0. The van der Waals surface area contributed by atoms with E-state index >= 15 is 0 Å². The van der Waals surface area contributed by atoms with E-state index < -0.39 is 15.9 Å². The Labute approximate surface area is 153 Å². The minimum atomic E-state index is -3.76. The van der Waals surface area contributed by atoms with Crippen molar-refractivity contribution in [2.45, 2.75) is 24.5 Å². The quantitative estimate of drug-likeness (QED) is 0.828. The molecule has 0 bridgehead atoms. The third kappa shape index (κ3) is 3.67. The lowest BCUT2D eigenvalue weighted by Gasteiger charge is -2.38. The molecular formula is C18H23N3O4S. The Morgan fingerprint density at radius 2 is 1.77 bits per heavy atom. The van der Waals surface area contributed by atoms with Crippen LogP contribution in [0.4, 0.5) is 0 Å². The third-order valence-electron chi connectivity index (χ3n) is 4.70. The highest BCUT2D eigenvalue weighted by molar-refractivity contribution is 7.89. The van der Waals surface area contributed by atoms with Gasteiger partial charge in [-0.1, -0.05) is 37.3 Å². The molecule has 1 saturated heterocycles. The van der Waals surface area contributed by atoms with Gasteiger partial charge in [0.1, 0.15) is 0 Å². The number of rotatable bonds is 6. The molecule has 1 amide bonds. The molecule has 7 nitrogen and oxygen atoms in total. The van der Waals surface area contributed by atoms with Gasteiger partial charge in [0, 0.05) is 32.2 Å². The molecule has 3 rings (SSSR count). The number of piperazine rings is 1. The fourth-order valence-corrected chi connectivity index (χ4v) is 4.69. The van der Waals surface area contributed by atoms with Gasteiger partial charge >= 0.3 is 0 Å². The second-order valence-corrected chi connectivity index (χ2v) is 8.13. The van der Waals surface area contributed by atoms with Crippen molar-refractivity contribution in [3.8, 4) is 0 Å². The van der Waals surface area contributed by atoms with E-state index in [1.165, 1.54) is 22.0 Å². The van der Waals surface area contributed by atoms with Gasteiger partial charge in [-0.15, -0.1) is 0 Å². The van der Waals surface area contributed by atoms with E-state index in [9.17, 15) is 13.2 Å². The average molecular weight is 377 g/mol. The molecule has 0 radical (unpaired) electrons. The van der Waals surface area contributed by atoms with Crippen molar-refractivity contribution in [2.75, 3.05) is 26.2 Å². The van der Waals surface area contributed by atoms with Crippen LogP contribution in [0.25, 0.3) is 0 Å². The minimum absolute atomic E-state index is 0.155. The molecule has 1 aliphatic heterocycles. The average Bonchev–Trinajstić information content (AvgIpc) is 3.15. The van der Waals surface area contributed by atoms with Crippen molar-refractivity contribution in [3.05, 3.63) is 53.8 Å². The first kappa shape index (κ1) is 18.6. The summed E-state index contributed by atoms with van der Waals surface area (Å²) in [6, 6.07) is 13.1. The third-order valence-corrected chi connectivity index (χ3v) is 6.48. The van der Waals surface area contributed by atoms with Gasteiger partial charge in [-0.05, 0) is 24.1 Å². The number of hydrogen-bond donors (Lipinski definition) is 1. The summed E-state index contributed by atoms with van der Waals surface area (Å²) in [4.78, 5) is 13.4. The fourth-order valence-electron chi connectivity index (χ4n) is 3.35. The Morgan fingerprint density at radius 3 is 2.31 bits per heavy atom. The highest BCUT2D eigenvalue weighted by Gasteiger charge is 2.33. The molecule has 1 atom stereocenters. The van der Waals surface area contributed by atoms with Crippen LogP contribution in [-0.4, -0.2) is 49.7 Å². The van der Waals surface area contributed by atoms with E-state index in [1.54, 1.807) is 0 Å². The number of carbonyl (C=O) groups is 1. The van der Waals surface area contributed by atoms with E-state index in [0.29, 0.717) is 26.2 Å². The first-order valence-corrected chi connectivity index (χ1v) is 10.1. The van der Waals surface area contributed by atoms with E-state index in [-0.39, 0.29) is 16.9 Å². The zero-order chi connectivity index (χ0) is 18.7. The SMILES string of the molecule is CC[C@@H](c1ccccc1)N1CCN(S(=O)(=O)c2ccc(C(N)=O)o2)CC1. The van der Waals surface area contributed by atoms with Crippen LogP contribution in [0.5, 0.6) is 0 Å². The maximum atomic E-state index is 12.7. The van der Waals surface area contributed by atoms with Crippen LogP contribution in [0.2, 0.25) is 0 Å². The molecule has 1 fully saturated rings. The van der Waals surface area contributed by atoms with Crippen LogP contribution in [-0.2, 0) is 10.0 Å². The van der Waals surface area contributed by atoms with Crippen molar-refractivity contribution in [1.82, 2.24) is 9.21 Å². The Balaban J connectivity index is 1.70. The number of furan rings is 1. The molecule has 0 aliphatic carbocycles. The normalized spacial score (nSPS) is 17.9. The lowest BCUT2D eigenvalue weighted by atomic mass is 10.0. The Kier molecular flexibility index (Phi) is 5.45. The molecule has 1 aromatic heterocycles. The standard InChI is InChI=1S/C18H23N3O4S/c1-2-15(14-6-4-3-5-7-14)20-10-12-21(13-11-20)26(23,24)17-9-8-16(25-17)18(19)22/h3-9,15H,2,10-13H2,1H3,(H2,19,22)/t15-/m0/s1. The molecule has 0 spiro atoms. The number of carbonyl (C=O) groups excluding carboxylic acids is 1. The van der Waals surface area contributed by atoms with Gasteiger partial charge in [-0.2, -0.15) is 4.31 Å². The predicted octanol–water partition coefficient (Wildman–Crippen LogP) is 1.84. The number of primary amides is 1. The fraction of sp³-hybridized carbons (Fsp3) is 0.389. The topological polar surface area (TPSA) is 96.9 Å². The molecular weight excluding hydrogens is 354 g/mol. The van der Waals surface area contributed by atoms with Crippen LogP contribution >= 0.6 is 0 Å². The molecule has 0 saturated carbocycles. The van der Waals surface area contributed by atoms with Crippen molar-refractivity contribution in [3.63, 3.8) is 0 Å². The second-order valence-electron chi connectivity index (χ2n) is 6.26. The predicted molar refractivity (Wildman–Crippen MR) is 97.0 cm³/mol. The number of benzene rings is 1. The van der Waals surface area contributed by atoms with Gasteiger partial charge < -0.3 is 10.2 Å². The van der Waals surface area contributed by atoms with E-state index in [1.807, 2.05) is 18.2 Å². The van der Waals surface area contributed by atoms with Crippen molar-refractivity contribution >= 4 is 15.9 Å². The maximum absolute atomic E-state index is 12.7. The molecule has 26 heavy (non-hydrogen) atoms. The van der Waals surface area contributed by atoms with Crippen LogP contribution in [0.3, 0.4) is 0 Å². The Morgan fingerprint density at radius 1 is 1.12 bits per heavy atom. The van der Waals surface area contributed by atoms with Gasteiger partial charge in [-0.25, -0.2) is 8.42 Å². The monoisotopic (exact) mass is 377 g/mol. The molecule has 1 aromatic carbocycles. The van der Waals surface area contributed by atoms with Gasteiger partial charge in [-0.3, -0.25) is 9.69 Å². The minimum Gasteiger partial charge on any atom is -0.438 e. The van der Waals surface area contributed by atoms with Gasteiger partial charge in [0.15, 0.2) is 5.76 Å². The number of amides is 1. The lowest BCUT2D eigenvalue weighted by molar-refractivity contribution is 0.0968. The van der Waals surface area contributed by atoms with Crippen molar-refractivity contribution < 1.29 is 17.6 Å². The van der Waals surface area contributed by atoms with E-state index in [4.69, 9.17) is 10.2 Å². The molecule has 2 N–H and O–H groups in total. The van der Waals surface area contributed by atoms with Crippen LogP contribution in [0, 0.1) is 0 Å². The van der Waals surface area contributed by atoms with Gasteiger partial charge in [0.25, 0.3) is 15.9 Å². The zero-order valence-corrected chi connectivity index (χ0v) is 15.5. The summed E-state index contributed by atoms with van der Waals surface area (Å²) in [6.07, 6.45) is 0.955. The second kappa shape index (κ2) is 7.61. The number of nitrogens with two attached hydrogens (primary N) is 1. The molecule has 2 heterocycles. The summed E-state index contributed by atoms with van der Waals surface area (Å²) in [5, 5.41) is -0.241. The number of sulfonamides is 1. The van der Waals surface area contributed by atoms with Crippen LogP contribution < -0.4 is 5.73 Å². The number of hydrogen-bond acceptors (Lipinski definition) is 5. The summed E-state index contributed by atoms with van der Waals surface area (Å²) in [7, 11) is -3.76. The van der Waals surface area contributed by atoms with Gasteiger partial charge in [0.2, 0.25) is 5.09 Å². The summed E-state index contributed by atoms with van der Waals surface area (Å²) in [5.41, 5.74) is 6.36. The lowest BCUT2D eigenvalue weighted by Crippen LogP contribution is -2.49. The van der Waals surface area contributed by atoms with E-state index in [2.05, 4.69) is 24.0 Å². The first-order valence-electron chi connectivity index (χ1n) is 8.62. The van der Waals surface area contributed by atoms with Crippen molar-refractivity contribution in [2.24, 2.45) is 5.73 Å². The largest absolute Gasteiger partial charge is 0.438 e. The Bertz CT molecular complexity index is 856. The summed E-state index contributed by atoms with van der Waals surface area (Å²) < 4.78 is 31.9. The molecule has 2 aromatic rings. The van der Waals surface area contributed by atoms with Crippen LogP contribution in [0.1, 0.15) is 35.5 Å². The number of nitrogens with zero attached hydrogens (tertiary/aromatic N) is 2. The first-order chi connectivity index (χ1) is 12.4. The van der Waals surface area contributed by atoms with Crippen LogP contribution in [0.15, 0.2) is 52.0 Å². The zero-order valence-electron chi connectivity index (χ0n) is 14.7. The van der Waals surface area contributed by atoms with Crippen molar-refractivity contribution in [1.29, 1.82) is 0 Å². The molecule has 140 valence electrons. The van der Waals surface area contributed by atoms with E-state index in [0.717, 1.165) is 6.42 Å². The maximum Gasteiger partial charge on any atom is 0.284 e. The Hall–Kier alpha value is -2.16. The molecule has 1 aliphatic rings. The summed E-state index contributed by atoms with van der Waals surface area (Å²) in [6.45, 7) is 4.15. The molecule has 0 unspecified atom stereocenters. The molecule has 8 heteroatoms.